The molecule has 0 aliphatic carbocycles. The molecule has 1 atom stereocenters. The third-order valence-corrected chi connectivity index (χ3v) is 4.59. The van der Waals surface area contributed by atoms with Gasteiger partial charge in [0.15, 0.2) is 0 Å². The fourth-order valence-electron chi connectivity index (χ4n) is 2.88. The predicted molar refractivity (Wildman–Crippen MR) is 103 cm³/mol. The van der Waals surface area contributed by atoms with Crippen molar-refractivity contribution in [3.05, 3.63) is 69.8 Å². The first-order valence-electron chi connectivity index (χ1n) is 8.24. The average molecular weight is 452 g/mol. The zero-order chi connectivity index (χ0) is 20.3. The summed E-state index contributed by atoms with van der Waals surface area (Å²) < 4.78 is 31.0. The van der Waals surface area contributed by atoms with E-state index in [-0.39, 0.29) is 16.9 Å². The van der Waals surface area contributed by atoms with Gasteiger partial charge in [-0.05, 0) is 37.3 Å². The molecule has 1 unspecified atom stereocenters. The third-order valence-electron chi connectivity index (χ3n) is 4.06. The van der Waals surface area contributed by atoms with Crippen molar-refractivity contribution in [3.63, 3.8) is 0 Å². The first kappa shape index (κ1) is 19.8. The second-order valence-electron chi connectivity index (χ2n) is 5.95. The Morgan fingerprint density at radius 1 is 1.18 bits per heavy atom. The van der Waals surface area contributed by atoms with Crippen LogP contribution in [0.4, 0.5) is 19.3 Å². The Morgan fingerprint density at radius 3 is 2.54 bits per heavy atom. The van der Waals surface area contributed by atoms with Crippen molar-refractivity contribution in [2.75, 3.05) is 5.32 Å². The molecule has 146 valence electrons. The number of benzene rings is 2. The number of allylic oxidation sites excluding steroid dienone is 1. The minimum Gasteiger partial charge on any atom is -0.434 e. The monoisotopic (exact) mass is 451 g/mol. The lowest BCUT2D eigenvalue weighted by Gasteiger charge is -2.29. The lowest BCUT2D eigenvalue weighted by Crippen LogP contribution is -2.46. The highest BCUT2D eigenvalue weighted by molar-refractivity contribution is 9.10. The molecule has 9 heteroatoms. The maximum atomic E-state index is 12.9. The molecule has 1 aliphatic heterocycles. The zero-order valence-corrected chi connectivity index (χ0v) is 16.2. The van der Waals surface area contributed by atoms with Crippen molar-refractivity contribution in [2.45, 2.75) is 19.6 Å². The van der Waals surface area contributed by atoms with Gasteiger partial charge in [-0.2, -0.15) is 8.78 Å². The van der Waals surface area contributed by atoms with Gasteiger partial charge in [-0.3, -0.25) is 4.79 Å². The Bertz CT molecular complexity index is 932. The maximum absolute atomic E-state index is 12.9. The van der Waals surface area contributed by atoms with Crippen molar-refractivity contribution >= 4 is 33.6 Å². The predicted octanol–water partition coefficient (Wildman–Crippen LogP) is 4.32. The standard InChI is InChI=1S/C19H16BrF2N3O3/c1-10-15(17(26)24-12-8-6-11(20)7-9-12)16(25-19(27)23-10)13-4-2-3-5-14(13)28-18(21)22/h2-9,16,18H,1H3,(H,24,26)(H2,23,25,27). The smallest absolute Gasteiger partial charge is 0.387 e. The van der Waals surface area contributed by atoms with E-state index in [9.17, 15) is 18.4 Å². The van der Waals surface area contributed by atoms with Crippen molar-refractivity contribution in [1.82, 2.24) is 10.6 Å². The summed E-state index contributed by atoms with van der Waals surface area (Å²) in [6.07, 6.45) is 0. The van der Waals surface area contributed by atoms with Crippen LogP contribution in [-0.2, 0) is 4.79 Å². The molecule has 0 fully saturated rings. The SMILES string of the molecule is CC1=C(C(=O)Nc2ccc(Br)cc2)C(c2ccccc2OC(F)F)NC(=O)N1. The Labute approximate surface area is 168 Å². The fraction of sp³-hybridized carbons (Fsp3) is 0.158. The fourth-order valence-corrected chi connectivity index (χ4v) is 3.15. The van der Waals surface area contributed by atoms with Crippen LogP contribution in [0.15, 0.2) is 64.3 Å². The Kier molecular flexibility index (Phi) is 5.93. The molecular formula is C19H16BrF2N3O3. The normalized spacial score (nSPS) is 16.5. The number of halogens is 3. The highest BCUT2D eigenvalue weighted by Crippen LogP contribution is 2.34. The number of alkyl halides is 2. The van der Waals surface area contributed by atoms with Gasteiger partial charge in [-0.25, -0.2) is 4.79 Å². The number of carbonyl (C=O) groups excluding carboxylic acids is 2. The summed E-state index contributed by atoms with van der Waals surface area (Å²) in [5.41, 5.74) is 1.29. The summed E-state index contributed by atoms with van der Waals surface area (Å²) in [6, 6.07) is 11.5. The van der Waals surface area contributed by atoms with Crippen LogP contribution in [-0.4, -0.2) is 18.5 Å². The molecule has 0 saturated heterocycles. The van der Waals surface area contributed by atoms with Crippen LogP contribution in [0.25, 0.3) is 0 Å². The third kappa shape index (κ3) is 4.48. The molecule has 3 amide bonds. The molecule has 1 heterocycles. The second kappa shape index (κ2) is 8.39. The first-order chi connectivity index (χ1) is 13.3. The quantitative estimate of drug-likeness (QED) is 0.633. The largest absolute Gasteiger partial charge is 0.434 e. The molecule has 0 bridgehead atoms. The van der Waals surface area contributed by atoms with Gasteiger partial charge in [-0.15, -0.1) is 0 Å². The first-order valence-corrected chi connectivity index (χ1v) is 9.03. The molecule has 0 spiro atoms. The molecular weight excluding hydrogens is 436 g/mol. The number of amides is 3. The molecule has 2 aromatic carbocycles. The number of rotatable bonds is 5. The number of carbonyl (C=O) groups is 2. The Balaban J connectivity index is 1.97. The molecule has 3 rings (SSSR count). The summed E-state index contributed by atoms with van der Waals surface area (Å²) in [5, 5.41) is 7.89. The van der Waals surface area contributed by atoms with E-state index in [0.717, 1.165) is 4.47 Å². The van der Waals surface area contributed by atoms with Crippen LogP contribution in [0.2, 0.25) is 0 Å². The van der Waals surface area contributed by atoms with Gasteiger partial charge in [-0.1, -0.05) is 34.1 Å². The molecule has 3 N–H and O–H groups in total. The van der Waals surface area contributed by atoms with Gasteiger partial charge in [0.1, 0.15) is 5.75 Å². The van der Waals surface area contributed by atoms with Crippen LogP contribution >= 0.6 is 15.9 Å². The minimum atomic E-state index is -3.04. The van der Waals surface area contributed by atoms with Gasteiger partial charge in [0, 0.05) is 21.4 Å². The van der Waals surface area contributed by atoms with E-state index in [1.165, 1.54) is 18.2 Å². The van der Waals surface area contributed by atoms with E-state index in [4.69, 9.17) is 0 Å². The Morgan fingerprint density at radius 2 is 1.86 bits per heavy atom. The molecule has 0 saturated carbocycles. The molecule has 0 radical (unpaired) electrons. The van der Waals surface area contributed by atoms with Gasteiger partial charge in [0.2, 0.25) is 0 Å². The number of ether oxygens (including phenoxy) is 1. The van der Waals surface area contributed by atoms with E-state index in [1.807, 2.05) is 0 Å². The summed E-state index contributed by atoms with van der Waals surface area (Å²) in [5.74, 6) is -0.601. The van der Waals surface area contributed by atoms with Gasteiger partial charge in [0.25, 0.3) is 5.91 Å². The molecule has 28 heavy (non-hydrogen) atoms. The second-order valence-corrected chi connectivity index (χ2v) is 6.86. The number of nitrogens with one attached hydrogen (secondary N) is 3. The van der Waals surface area contributed by atoms with E-state index in [1.54, 1.807) is 37.3 Å². The van der Waals surface area contributed by atoms with E-state index in [0.29, 0.717) is 11.4 Å². The van der Waals surface area contributed by atoms with Crippen molar-refractivity contribution in [1.29, 1.82) is 0 Å². The minimum absolute atomic E-state index is 0.119. The van der Waals surface area contributed by atoms with Crippen LogP contribution in [0.3, 0.4) is 0 Å². The van der Waals surface area contributed by atoms with Crippen molar-refractivity contribution < 1.29 is 23.1 Å². The topological polar surface area (TPSA) is 79.5 Å². The highest BCUT2D eigenvalue weighted by Gasteiger charge is 2.33. The van der Waals surface area contributed by atoms with E-state index < -0.39 is 24.6 Å². The molecule has 2 aromatic rings. The van der Waals surface area contributed by atoms with Crippen LogP contribution in [0.1, 0.15) is 18.5 Å². The Hall–Kier alpha value is -2.94. The van der Waals surface area contributed by atoms with Crippen LogP contribution in [0.5, 0.6) is 5.75 Å². The molecule has 0 aromatic heterocycles. The average Bonchev–Trinajstić information content (AvgIpc) is 2.63. The number of hydrogen-bond acceptors (Lipinski definition) is 3. The molecule has 1 aliphatic rings. The summed E-state index contributed by atoms with van der Waals surface area (Å²) in [6.45, 7) is -1.47. The van der Waals surface area contributed by atoms with Crippen LogP contribution < -0.4 is 20.7 Å². The summed E-state index contributed by atoms with van der Waals surface area (Å²) in [4.78, 5) is 24.9. The number of urea groups is 1. The molecule has 6 nitrogen and oxygen atoms in total. The van der Waals surface area contributed by atoms with Gasteiger partial charge < -0.3 is 20.7 Å². The maximum Gasteiger partial charge on any atom is 0.387 e. The number of anilines is 1. The van der Waals surface area contributed by atoms with Crippen molar-refractivity contribution in [3.8, 4) is 5.75 Å². The van der Waals surface area contributed by atoms with E-state index in [2.05, 4.69) is 36.6 Å². The van der Waals surface area contributed by atoms with Gasteiger partial charge >= 0.3 is 12.6 Å². The summed E-state index contributed by atoms with van der Waals surface area (Å²) >= 11 is 3.32. The number of hydrogen-bond donors (Lipinski definition) is 3. The van der Waals surface area contributed by atoms with Crippen molar-refractivity contribution in [2.24, 2.45) is 0 Å². The lowest BCUT2D eigenvalue weighted by molar-refractivity contribution is -0.113. The van der Waals surface area contributed by atoms with E-state index >= 15 is 0 Å². The van der Waals surface area contributed by atoms with Gasteiger partial charge in [0.05, 0.1) is 11.6 Å². The highest BCUT2D eigenvalue weighted by atomic mass is 79.9. The van der Waals surface area contributed by atoms with Crippen LogP contribution in [0, 0.1) is 0 Å². The summed E-state index contributed by atoms with van der Waals surface area (Å²) in [7, 11) is 0. The number of para-hydroxylation sites is 1. The lowest BCUT2D eigenvalue weighted by atomic mass is 9.94. The zero-order valence-electron chi connectivity index (χ0n) is 14.6.